The van der Waals surface area contributed by atoms with Crippen molar-refractivity contribution in [2.45, 2.75) is 96.1 Å². The summed E-state index contributed by atoms with van der Waals surface area (Å²) in [6.07, 6.45) is 7.11. The second-order valence-electron chi connectivity index (χ2n) is 10.7. The Bertz CT molecular complexity index is 845. The first-order chi connectivity index (χ1) is 17.0. The van der Waals surface area contributed by atoms with Crippen LogP contribution in [0.25, 0.3) is 0 Å². The van der Waals surface area contributed by atoms with Gasteiger partial charge in [-0.25, -0.2) is 4.79 Å². The molecule has 5 nitrogen and oxygen atoms in total. The van der Waals surface area contributed by atoms with Crippen molar-refractivity contribution in [1.29, 1.82) is 0 Å². The summed E-state index contributed by atoms with van der Waals surface area (Å²) >= 11 is 0. The van der Waals surface area contributed by atoms with Crippen molar-refractivity contribution in [2.24, 2.45) is 5.92 Å². The molecule has 0 bridgehead atoms. The molecule has 1 N–H and O–H groups in total. The number of carbonyl (C=O) groups is 1. The summed E-state index contributed by atoms with van der Waals surface area (Å²) in [5.41, 5.74) is 2.77. The molecule has 2 aromatic rings. The molecule has 0 spiro atoms. The quantitative estimate of drug-likeness (QED) is 0.443. The highest BCUT2D eigenvalue weighted by Crippen LogP contribution is 2.32. The average molecular weight is 479 g/mol. The predicted octanol–water partition coefficient (Wildman–Crippen LogP) is 6.57. The third-order valence-electron chi connectivity index (χ3n) is 8.05. The molecule has 5 heteroatoms. The Labute approximate surface area is 211 Å². The molecule has 4 rings (SSSR count). The maximum absolute atomic E-state index is 11.5. The lowest BCUT2D eigenvalue weighted by Crippen LogP contribution is -2.51. The topological polar surface area (TPSA) is 53.0 Å². The van der Waals surface area contributed by atoms with Crippen molar-refractivity contribution >= 4 is 6.09 Å². The number of benzene rings is 2. The lowest BCUT2D eigenvalue weighted by molar-refractivity contribution is -0.0317. The van der Waals surface area contributed by atoms with E-state index in [0.29, 0.717) is 6.04 Å². The first-order valence-corrected chi connectivity index (χ1v) is 13.4. The van der Waals surface area contributed by atoms with Gasteiger partial charge in [-0.15, -0.1) is 0 Å². The molecule has 1 aliphatic carbocycles. The molecule has 2 aromatic carbocycles. The smallest absolute Gasteiger partial charge is 0.407 e. The molecule has 1 saturated carbocycles. The Morgan fingerprint density at radius 2 is 1.40 bits per heavy atom. The van der Waals surface area contributed by atoms with Crippen molar-refractivity contribution in [1.82, 2.24) is 9.80 Å². The predicted molar refractivity (Wildman–Crippen MR) is 140 cm³/mol. The lowest BCUT2D eigenvalue weighted by Gasteiger charge is -2.41. The second-order valence-corrected chi connectivity index (χ2v) is 10.7. The normalized spacial score (nSPS) is 27.2. The number of carboxylic acid groups (broad SMARTS) is 1. The summed E-state index contributed by atoms with van der Waals surface area (Å²) < 4.78 is 6.26. The third-order valence-corrected chi connectivity index (χ3v) is 8.05. The molecule has 1 aliphatic heterocycles. The van der Waals surface area contributed by atoms with Crippen LogP contribution in [0, 0.1) is 5.92 Å². The van der Waals surface area contributed by atoms with Crippen LogP contribution >= 0.6 is 0 Å². The zero-order valence-electron chi connectivity index (χ0n) is 21.4. The Hall–Kier alpha value is -2.37. The second kappa shape index (κ2) is 12.5. The Morgan fingerprint density at radius 3 is 1.89 bits per heavy atom. The minimum Gasteiger partial charge on any atom is -0.465 e. The molecule has 190 valence electrons. The van der Waals surface area contributed by atoms with E-state index in [0.717, 1.165) is 44.9 Å². The molecule has 2 aliphatic rings. The van der Waals surface area contributed by atoms with Crippen LogP contribution in [-0.2, 0) is 17.8 Å². The zero-order valence-corrected chi connectivity index (χ0v) is 21.4. The van der Waals surface area contributed by atoms with Crippen LogP contribution in [0.1, 0.15) is 69.9 Å². The minimum atomic E-state index is -0.811. The van der Waals surface area contributed by atoms with Crippen molar-refractivity contribution in [3.05, 3.63) is 71.8 Å². The summed E-state index contributed by atoms with van der Waals surface area (Å²) in [6, 6.07) is 22.4. The van der Waals surface area contributed by atoms with Crippen LogP contribution < -0.4 is 0 Å². The molecule has 2 unspecified atom stereocenters. The van der Waals surface area contributed by atoms with Gasteiger partial charge in [-0.1, -0.05) is 60.7 Å². The Morgan fingerprint density at radius 1 is 0.886 bits per heavy atom. The highest BCUT2D eigenvalue weighted by Gasteiger charge is 2.34. The molecule has 0 aromatic heterocycles. The summed E-state index contributed by atoms with van der Waals surface area (Å²) in [7, 11) is 0. The maximum atomic E-state index is 11.5. The summed E-state index contributed by atoms with van der Waals surface area (Å²) in [5, 5.41) is 9.42. The molecular weight excluding hydrogens is 436 g/mol. The molecular formula is C30H42N2O3. The van der Waals surface area contributed by atoms with Crippen LogP contribution in [0.15, 0.2) is 60.7 Å². The van der Waals surface area contributed by atoms with Gasteiger partial charge in [-0.3, -0.25) is 4.90 Å². The van der Waals surface area contributed by atoms with Gasteiger partial charge in [-0.2, -0.15) is 0 Å². The largest absolute Gasteiger partial charge is 0.465 e. The fourth-order valence-electron chi connectivity index (χ4n) is 6.18. The van der Waals surface area contributed by atoms with Crippen LogP contribution in [0.3, 0.4) is 0 Å². The van der Waals surface area contributed by atoms with Crippen molar-refractivity contribution in [2.75, 3.05) is 6.61 Å². The van der Waals surface area contributed by atoms with Crippen LogP contribution in [-0.4, -0.2) is 51.8 Å². The molecule has 35 heavy (non-hydrogen) atoms. The standard InChI is InChI=1S/C30H42N2O3/c1-23-19-29(20-24(2)32(23)30(33)34)35-18-17-25-13-15-28(16-14-25)31(21-26-9-5-3-6-10-26)22-27-11-7-4-8-12-27/h3-12,23-25,28-29H,13-22H2,1-2H3,(H,33,34). The SMILES string of the molecule is CC1CC(OCCC2CCC(N(Cc3ccccc3)Cc3ccccc3)CC2)CC(C)N1C(=O)O. The minimum absolute atomic E-state index is 0.0249. The Kier molecular flexibility index (Phi) is 9.22. The molecule has 2 fully saturated rings. The number of hydrogen-bond acceptors (Lipinski definition) is 3. The first-order valence-electron chi connectivity index (χ1n) is 13.4. The van der Waals surface area contributed by atoms with Gasteiger partial charge in [0.05, 0.1) is 6.10 Å². The monoisotopic (exact) mass is 478 g/mol. The van der Waals surface area contributed by atoms with E-state index in [9.17, 15) is 9.90 Å². The van der Waals surface area contributed by atoms with Gasteiger partial charge in [0.15, 0.2) is 0 Å². The molecule has 2 atom stereocenters. The van der Waals surface area contributed by atoms with E-state index in [4.69, 9.17) is 4.74 Å². The van der Waals surface area contributed by atoms with E-state index in [1.807, 2.05) is 13.8 Å². The van der Waals surface area contributed by atoms with E-state index in [1.165, 1.54) is 36.8 Å². The molecule has 0 radical (unpaired) electrons. The number of hydrogen-bond donors (Lipinski definition) is 1. The highest BCUT2D eigenvalue weighted by molar-refractivity contribution is 5.66. The number of piperidine rings is 1. The van der Waals surface area contributed by atoms with E-state index in [1.54, 1.807) is 4.90 Å². The van der Waals surface area contributed by atoms with Gasteiger partial charge in [0.2, 0.25) is 0 Å². The van der Waals surface area contributed by atoms with E-state index < -0.39 is 6.09 Å². The van der Waals surface area contributed by atoms with Gasteiger partial charge in [0.1, 0.15) is 0 Å². The number of nitrogens with zero attached hydrogens (tertiary/aromatic N) is 2. The molecule has 1 amide bonds. The van der Waals surface area contributed by atoms with Crippen LogP contribution in [0.2, 0.25) is 0 Å². The third kappa shape index (κ3) is 7.31. The summed E-state index contributed by atoms with van der Waals surface area (Å²) in [6.45, 7) is 6.79. The maximum Gasteiger partial charge on any atom is 0.407 e. The number of likely N-dealkylation sites (tertiary alicyclic amines) is 1. The van der Waals surface area contributed by atoms with Crippen molar-refractivity contribution in [3.63, 3.8) is 0 Å². The van der Waals surface area contributed by atoms with E-state index in [2.05, 4.69) is 65.6 Å². The highest BCUT2D eigenvalue weighted by atomic mass is 16.5. The van der Waals surface area contributed by atoms with Crippen molar-refractivity contribution < 1.29 is 14.6 Å². The van der Waals surface area contributed by atoms with E-state index in [-0.39, 0.29) is 18.2 Å². The van der Waals surface area contributed by atoms with E-state index >= 15 is 0 Å². The summed E-state index contributed by atoms with van der Waals surface area (Å²) in [4.78, 5) is 15.7. The average Bonchev–Trinajstić information content (AvgIpc) is 2.85. The Balaban J connectivity index is 1.24. The summed E-state index contributed by atoms with van der Waals surface area (Å²) in [5.74, 6) is 0.732. The van der Waals surface area contributed by atoms with Gasteiger partial charge in [-0.05, 0) is 75.8 Å². The van der Waals surface area contributed by atoms with Gasteiger partial charge in [0.25, 0.3) is 0 Å². The lowest BCUT2D eigenvalue weighted by atomic mass is 9.83. The number of amides is 1. The zero-order chi connectivity index (χ0) is 24.6. The van der Waals surface area contributed by atoms with Gasteiger partial charge in [0, 0.05) is 37.8 Å². The first kappa shape index (κ1) is 25.7. The van der Waals surface area contributed by atoms with Crippen LogP contribution in [0.4, 0.5) is 4.79 Å². The number of ether oxygens (including phenoxy) is 1. The number of rotatable bonds is 9. The van der Waals surface area contributed by atoms with Crippen LogP contribution in [0.5, 0.6) is 0 Å². The molecule has 1 saturated heterocycles. The fourth-order valence-corrected chi connectivity index (χ4v) is 6.18. The molecule has 1 heterocycles. The van der Waals surface area contributed by atoms with Gasteiger partial charge < -0.3 is 14.7 Å². The van der Waals surface area contributed by atoms with Gasteiger partial charge >= 0.3 is 6.09 Å². The van der Waals surface area contributed by atoms with Crippen molar-refractivity contribution in [3.8, 4) is 0 Å². The fraction of sp³-hybridized carbons (Fsp3) is 0.567.